The molecule has 5 N–H and O–H groups in total. The summed E-state index contributed by atoms with van der Waals surface area (Å²) in [6, 6.07) is 3.42. The summed E-state index contributed by atoms with van der Waals surface area (Å²) in [5.74, 6) is -0.476. The van der Waals surface area contributed by atoms with Crippen LogP contribution in [0.4, 0.5) is 11.4 Å². The number of aromatic amines is 1. The summed E-state index contributed by atoms with van der Waals surface area (Å²) >= 11 is 0. The van der Waals surface area contributed by atoms with Crippen LogP contribution in [0.15, 0.2) is 21.3 Å². The van der Waals surface area contributed by atoms with Gasteiger partial charge in [-0.05, 0) is 18.9 Å². The first-order valence-corrected chi connectivity index (χ1v) is 6.48. The molecule has 0 unspecified atom stereocenters. The van der Waals surface area contributed by atoms with Crippen molar-refractivity contribution >= 4 is 22.5 Å². The van der Waals surface area contributed by atoms with E-state index in [-0.39, 0.29) is 6.61 Å². The van der Waals surface area contributed by atoms with Gasteiger partial charge >= 0.3 is 5.76 Å². The topological polar surface area (TPSA) is 104 Å². The average molecular weight is 265 g/mol. The fourth-order valence-electron chi connectivity index (χ4n) is 1.98. The summed E-state index contributed by atoms with van der Waals surface area (Å²) < 4.78 is 4.93. The molecule has 1 aromatic heterocycles. The monoisotopic (exact) mass is 265 g/mol. The summed E-state index contributed by atoms with van der Waals surface area (Å²) in [5, 5.41) is 11.9. The molecule has 0 radical (unpaired) electrons. The van der Waals surface area contributed by atoms with Crippen LogP contribution in [0.3, 0.4) is 0 Å². The lowest BCUT2D eigenvalue weighted by Gasteiger charge is -2.08. The molecule has 0 bridgehead atoms. The van der Waals surface area contributed by atoms with E-state index in [2.05, 4.69) is 10.3 Å². The molecule has 0 aliphatic heterocycles. The van der Waals surface area contributed by atoms with Gasteiger partial charge in [0.25, 0.3) is 0 Å². The van der Waals surface area contributed by atoms with Crippen molar-refractivity contribution in [1.82, 2.24) is 4.98 Å². The second kappa shape index (κ2) is 6.29. The maximum absolute atomic E-state index is 11.1. The second-order valence-corrected chi connectivity index (χ2v) is 4.51. The lowest BCUT2D eigenvalue weighted by atomic mass is 10.2. The predicted molar refractivity (Wildman–Crippen MR) is 75.3 cm³/mol. The second-order valence-electron chi connectivity index (χ2n) is 4.51. The van der Waals surface area contributed by atoms with E-state index < -0.39 is 5.76 Å². The quantitative estimate of drug-likeness (QED) is 0.450. The number of unbranched alkanes of at least 4 members (excludes halogenated alkanes) is 3. The van der Waals surface area contributed by atoms with Gasteiger partial charge in [-0.1, -0.05) is 12.8 Å². The van der Waals surface area contributed by atoms with E-state index in [1.165, 1.54) is 0 Å². The van der Waals surface area contributed by atoms with E-state index in [4.69, 9.17) is 15.3 Å². The highest BCUT2D eigenvalue weighted by atomic mass is 16.4. The summed E-state index contributed by atoms with van der Waals surface area (Å²) in [7, 11) is 0. The standard InChI is InChI=1S/C13H19N3O3/c14-9-7-12-11(16-13(18)19-12)8-10(9)15-5-3-1-2-4-6-17/h7-8,15,17H,1-6,14H2,(H,16,18). The number of benzene rings is 1. The van der Waals surface area contributed by atoms with Crippen molar-refractivity contribution in [2.45, 2.75) is 25.7 Å². The third-order valence-corrected chi connectivity index (χ3v) is 2.99. The number of nitrogen functional groups attached to an aromatic ring is 1. The predicted octanol–water partition coefficient (Wildman–Crippen LogP) is 1.67. The lowest BCUT2D eigenvalue weighted by Crippen LogP contribution is -2.04. The van der Waals surface area contributed by atoms with Gasteiger partial charge in [0.05, 0.1) is 16.9 Å². The number of anilines is 2. The minimum absolute atomic E-state index is 0.255. The number of H-pyrrole nitrogens is 1. The molecule has 0 atom stereocenters. The molecule has 2 rings (SSSR count). The minimum atomic E-state index is -0.476. The molecule has 0 aliphatic rings. The van der Waals surface area contributed by atoms with Crippen LogP contribution >= 0.6 is 0 Å². The third kappa shape index (κ3) is 3.51. The summed E-state index contributed by atoms with van der Waals surface area (Å²) in [6.07, 6.45) is 3.96. The Kier molecular flexibility index (Phi) is 4.46. The van der Waals surface area contributed by atoms with E-state index in [0.29, 0.717) is 16.8 Å². The van der Waals surface area contributed by atoms with Crippen LogP contribution in [0.5, 0.6) is 0 Å². The fraction of sp³-hybridized carbons (Fsp3) is 0.462. The number of aromatic nitrogens is 1. The van der Waals surface area contributed by atoms with Gasteiger partial charge < -0.3 is 20.6 Å². The number of fused-ring (bicyclic) bond motifs is 1. The van der Waals surface area contributed by atoms with E-state index in [9.17, 15) is 4.79 Å². The summed E-state index contributed by atoms with van der Waals surface area (Å²) in [6.45, 7) is 1.06. The van der Waals surface area contributed by atoms with E-state index in [1.54, 1.807) is 12.1 Å². The molecule has 0 saturated heterocycles. The first-order chi connectivity index (χ1) is 9.20. The van der Waals surface area contributed by atoms with Crippen molar-refractivity contribution in [3.8, 4) is 0 Å². The van der Waals surface area contributed by atoms with Crippen molar-refractivity contribution in [2.75, 3.05) is 24.2 Å². The minimum Gasteiger partial charge on any atom is -0.408 e. The van der Waals surface area contributed by atoms with Gasteiger partial charge in [-0.3, -0.25) is 4.98 Å². The number of hydrogen-bond donors (Lipinski definition) is 4. The number of nitrogens with two attached hydrogens (primary N) is 1. The maximum Gasteiger partial charge on any atom is 0.417 e. The van der Waals surface area contributed by atoms with Gasteiger partial charge in [0, 0.05) is 19.2 Å². The Morgan fingerprint density at radius 3 is 2.84 bits per heavy atom. The Labute approximate surface area is 110 Å². The number of oxazole rings is 1. The Morgan fingerprint density at radius 2 is 2.05 bits per heavy atom. The van der Waals surface area contributed by atoms with Gasteiger partial charge in [-0.15, -0.1) is 0 Å². The number of aliphatic hydroxyl groups excluding tert-OH is 1. The number of hydrogen-bond acceptors (Lipinski definition) is 5. The SMILES string of the molecule is Nc1cc2oc(=O)[nH]c2cc1NCCCCCCO. The van der Waals surface area contributed by atoms with Crippen LogP contribution < -0.4 is 16.8 Å². The molecular weight excluding hydrogens is 246 g/mol. The first-order valence-electron chi connectivity index (χ1n) is 6.48. The van der Waals surface area contributed by atoms with Gasteiger partial charge in [0.2, 0.25) is 0 Å². The van der Waals surface area contributed by atoms with Gasteiger partial charge in [0.15, 0.2) is 5.58 Å². The summed E-state index contributed by atoms with van der Waals surface area (Å²) in [5.41, 5.74) is 8.35. The van der Waals surface area contributed by atoms with Crippen molar-refractivity contribution in [3.63, 3.8) is 0 Å². The molecule has 0 spiro atoms. The lowest BCUT2D eigenvalue weighted by molar-refractivity contribution is 0.283. The van der Waals surface area contributed by atoms with Crippen LogP contribution in [0.2, 0.25) is 0 Å². The largest absolute Gasteiger partial charge is 0.417 e. The first kappa shape index (κ1) is 13.5. The molecule has 19 heavy (non-hydrogen) atoms. The van der Waals surface area contributed by atoms with Crippen molar-refractivity contribution < 1.29 is 9.52 Å². The van der Waals surface area contributed by atoms with Crippen LogP contribution in [0.1, 0.15) is 25.7 Å². The van der Waals surface area contributed by atoms with Gasteiger partial charge in [-0.2, -0.15) is 0 Å². The van der Waals surface area contributed by atoms with Crippen molar-refractivity contribution in [1.29, 1.82) is 0 Å². The highest BCUT2D eigenvalue weighted by Gasteiger charge is 2.06. The van der Waals surface area contributed by atoms with Crippen molar-refractivity contribution in [3.05, 3.63) is 22.7 Å². The number of rotatable bonds is 7. The molecule has 1 heterocycles. The average Bonchev–Trinajstić information content (AvgIpc) is 2.72. The van der Waals surface area contributed by atoms with Crippen LogP contribution in [-0.4, -0.2) is 23.2 Å². The van der Waals surface area contributed by atoms with Gasteiger partial charge in [0.1, 0.15) is 0 Å². The molecule has 0 amide bonds. The zero-order valence-electron chi connectivity index (χ0n) is 10.7. The number of nitrogens with one attached hydrogen (secondary N) is 2. The Balaban J connectivity index is 1.92. The Bertz CT molecular complexity index is 588. The zero-order valence-corrected chi connectivity index (χ0v) is 10.7. The molecule has 104 valence electrons. The normalized spacial score (nSPS) is 11.0. The molecule has 1 aromatic carbocycles. The number of aliphatic hydroxyl groups is 1. The zero-order chi connectivity index (χ0) is 13.7. The molecular formula is C13H19N3O3. The third-order valence-electron chi connectivity index (χ3n) is 2.99. The van der Waals surface area contributed by atoms with Gasteiger partial charge in [-0.25, -0.2) is 4.79 Å². The van der Waals surface area contributed by atoms with E-state index >= 15 is 0 Å². The Hall–Kier alpha value is -1.95. The highest BCUT2D eigenvalue weighted by Crippen LogP contribution is 2.24. The van der Waals surface area contributed by atoms with E-state index in [0.717, 1.165) is 37.9 Å². The molecule has 2 aromatic rings. The molecule has 6 nitrogen and oxygen atoms in total. The Morgan fingerprint density at radius 1 is 1.26 bits per heavy atom. The van der Waals surface area contributed by atoms with Crippen LogP contribution in [0, 0.1) is 0 Å². The maximum atomic E-state index is 11.1. The fourth-order valence-corrected chi connectivity index (χ4v) is 1.98. The molecule has 0 aliphatic carbocycles. The van der Waals surface area contributed by atoms with Crippen LogP contribution in [-0.2, 0) is 0 Å². The summed E-state index contributed by atoms with van der Waals surface area (Å²) in [4.78, 5) is 13.7. The molecule has 0 saturated carbocycles. The van der Waals surface area contributed by atoms with E-state index in [1.807, 2.05) is 0 Å². The van der Waals surface area contributed by atoms with Crippen LogP contribution in [0.25, 0.3) is 11.1 Å². The molecule has 6 heteroatoms. The smallest absolute Gasteiger partial charge is 0.408 e. The molecule has 0 fully saturated rings. The highest BCUT2D eigenvalue weighted by molar-refractivity contribution is 5.85. The van der Waals surface area contributed by atoms with Crippen molar-refractivity contribution in [2.24, 2.45) is 0 Å².